The lowest BCUT2D eigenvalue weighted by Gasteiger charge is -2.15. The largest absolute Gasteiger partial charge is 0.478 e. The highest BCUT2D eigenvalue weighted by molar-refractivity contribution is 5.98. The van der Waals surface area contributed by atoms with Crippen LogP contribution in [0.2, 0.25) is 0 Å². The minimum Gasteiger partial charge on any atom is -0.478 e. The summed E-state index contributed by atoms with van der Waals surface area (Å²) >= 11 is 0. The number of hydrogen-bond donors (Lipinski definition) is 2. The summed E-state index contributed by atoms with van der Waals surface area (Å²) in [6.45, 7) is 2.42. The summed E-state index contributed by atoms with van der Waals surface area (Å²) in [4.78, 5) is 68.1. The fourth-order valence-corrected chi connectivity index (χ4v) is 4.07. The van der Waals surface area contributed by atoms with Gasteiger partial charge in [0.2, 0.25) is 0 Å². The van der Waals surface area contributed by atoms with Gasteiger partial charge in [-0.05, 0) is 42.9 Å². The second kappa shape index (κ2) is 18.2. The third kappa shape index (κ3) is 12.2. The Bertz CT molecular complexity index is 1420. The number of rotatable bonds is 12. The molecule has 0 heterocycles. The average molecular weight is 603 g/mol. The number of carbonyl (C=O) groups is 6. The van der Waals surface area contributed by atoms with E-state index < -0.39 is 41.7 Å². The molecule has 0 aliphatic carbocycles. The van der Waals surface area contributed by atoms with E-state index in [0.29, 0.717) is 6.42 Å². The van der Waals surface area contributed by atoms with Gasteiger partial charge in [0.15, 0.2) is 0 Å². The molecule has 10 heteroatoms. The van der Waals surface area contributed by atoms with Crippen molar-refractivity contribution in [3.63, 3.8) is 0 Å². The standard InChI is InChI=1S/C18H20O7.C16H14O3/c1-12(17(21)22)14(18(23)24)8-5-9-15(19)25-16(20)11-10-13-6-3-2-4-7-13;1-12(17)19-16(18)15(13-8-4-2-5-9-13)14-10-6-3-7-11-14/h2-4,6-7H,5,8-11H2,1H3,(H,21,22)(H,23,24);2-11,15H,1H3/b14-12-;. The molecule has 0 aromatic heterocycles. The van der Waals surface area contributed by atoms with Gasteiger partial charge in [-0.2, -0.15) is 0 Å². The normalized spacial score (nSPS) is 10.9. The number of carbonyl (C=O) groups excluding carboxylic acids is 4. The van der Waals surface area contributed by atoms with Gasteiger partial charge in [0.25, 0.3) is 0 Å². The van der Waals surface area contributed by atoms with Crippen LogP contribution in [0.5, 0.6) is 0 Å². The van der Waals surface area contributed by atoms with Gasteiger partial charge in [-0.3, -0.25) is 19.2 Å². The molecule has 0 spiro atoms. The molecule has 0 radical (unpaired) electrons. The van der Waals surface area contributed by atoms with Crippen molar-refractivity contribution < 1.29 is 48.5 Å². The van der Waals surface area contributed by atoms with E-state index in [2.05, 4.69) is 4.74 Å². The molecular weight excluding hydrogens is 568 g/mol. The van der Waals surface area contributed by atoms with Gasteiger partial charge in [0, 0.05) is 24.5 Å². The summed E-state index contributed by atoms with van der Waals surface area (Å²) in [5.41, 5.74) is 2.02. The molecule has 10 nitrogen and oxygen atoms in total. The Morgan fingerprint density at radius 2 is 1.09 bits per heavy atom. The van der Waals surface area contributed by atoms with Crippen LogP contribution in [0.25, 0.3) is 0 Å². The molecule has 0 aliphatic heterocycles. The van der Waals surface area contributed by atoms with Crippen LogP contribution < -0.4 is 0 Å². The van der Waals surface area contributed by atoms with Crippen LogP contribution in [0.15, 0.2) is 102 Å². The first-order valence-electron chi connectivity index (χ1n) is 13.8. The molecule has 3 aromatic carbocycles. The van der Waals surface area contributed by atoms with Crippen LogP contribution >= 0.6 is 0 Å². The molecule has 0 saturated carbocycles. The number of ether oxygens (including phenoxy) is 2. The van der Waals surface area contributed by atoms with Crippen LogP contribution in [-0.2, 0) is 44.7 Å². The highest BCUT2D eigenvalue weighted by atomic mass is 16.6. The topological polar surface area (TPSA) is 161 Å². The van der Waals surface area contributed by atoms with E-state index in [1.54, 1.807) is 0 Å². The zero-order valence-corrected chi connectivity index (χ0v) is 24.4. The SMILES string of the molecule is C/C(C(=O)O)=C(\CCCC(=O)OC(=O)CCc1ccccc1)C(=O)O.CC(=O)OC(=O)C(c1ccccc1)c1ccccc1. The number of carboxylic acids is 2. The number of esters is 4. The molecule has 230 valence electrons. The molecule has 3 rings (SSSR count). The van der Waals surface area contributed by atoms with Gasteiger partial charge in [0.05, 0.1) is 6.42 Å². The zero-order valence-electron chi connectivity index (χ0n) is 24.4. The van der Waals surface area contributed by atoms with Crippen molar-refractivity contribution >= 4 is 35.8 Å². The Morgan fingerprint density at radius 1 is 0.614 bits per heavy atom. The lowest BCUT2D eigenvalue weighted by atomic mass is 9.91. The van der Waals surface area contributed by atoms with Gasteiger partial charge < -0.3 is 19.7 Å². The van der Waals surface area contributed by atoms with Crippen LogP contribution in [0.1, 0.15) is 62.1 Å². The number of aryl methyl sites for hydroxylation is 1. The summed E-state index contributed by atoms with van der Waals surface area (Å²) in [5.74, 6) is -5.79. The molecule has 0 bridgehead atoms. The third-order valence-corrected chi connectivity index (χ3v) is 6.27. The first-order chi connectivity index (χ1) is 21.0. The predicted molar refractivity (Wildman–Crippen MR) is 159 cm³/mol. The molecular formula is C34H34O10. The van der Waals surface area contributed by atoms with Crippen molar-refractivity contribution in [1.82, 2.24) is 0 Å². The molecule has 44 heavy (non-hydrogen) atoms. The smallest absolute Gasteiger partial charge is 0.332 e. The Labute approximate surface area is 254 Å². The van der Waals surface area contributed by atoms with Crippen LogP contribution in [-0.4, -0.2) is 46.0 Å². The van der Waals surface area contributed by atoms with Crippen LogP contribution in [0, 0.1) is 0 Å². The lowest BCUT2D eigenvalue weighted by molar-refractivity contribution is -0.161. The number of aliphatic carboxylic acids is 2. The number of carboxylic acid groups (broad SMARTS) is 2. The number of benzene rings is 3. The molecule has 0 unspecified atom stereocenters. The molecule has 0 atom stereocenters. The van der Waals surface area contributed by atoms with Gasteiger partial charge in [-0.1, -0.05) is 91.0 Å². The van der Waals surface area contributed by atoms with Crippen molar-refractivity contribution in [3.05, 3.63) is 119 Å². The van der Waals surface area contributed by atoms with E-state index in [4.69, 9.17) is 14.9 Å². The highest BCUT2D eigenvalue weighted by Gasteiger charge is 2.25. The van der Waals surface area contributed by atoms with Crippen LogP contribution in [0.4, 0.5) is 0 Å². The van der Waals surface area contributed by atoms with Gasteiger partial charge >= 0.3 is 35.8 Å². The average Bonchev–Trinajstić information content (AvgIpc) is 2.99. The van der Waals surface area contributed by atoms with E-state index in [1.165, 1.54) is 13.8 Å². The third-order valence-electron chi connectivity index (χ3n) is 6.27. The van der Waals surface area contributed by atoms with Crippen molar-refractivity contribution in [2.75, 3.05) is 0 Å². The molecule has 0 saturated heterocycles. The monoisotopic (exact) mass is 602 g/mol. The molecule has 3 aromatic rings. The first kappa shape index (κ1) is 34.8. The Balaban J connectivity index is 0.000000317. The summed E-state index contributed by atoms with van der Waals surface area (Å²) < 4.78 is 9.41. The van der Waals surface area contributed by atoms with E-state index in [1.807, 2.05) is 91.0 Å². The summed E-state index contributed by atoms with van der Waals surface area (Å²) in [6, 6.07) is 27.8. The number of hydrogen-bond acceptors (Lipinski definition) is 8. The summed E-state index contributed by atoms with van der Waals surface area (Å²) in [6.07, 6.45) is 0.337. The molecule has 0 amide bonds. The summed E-state index contributed by atoms with van der Waals surface area (Å²) in [5, 5.41) is 17.8. The Morgan fingerprint density at radius 3 is 1.55 bits per heavy atom. The van der Waals surface area contributed by atoms with E-state index in [-0.39, 0.29) is 36.8 Å². The second-order valence-electron chi connectivity index (χ2n) is 9.57. The maximum Gasteiger partial charge on any atom is 0.332 e. The van der Waals surface area contributed by atoms with Gasteiger partial charge in [-0.15, -0.1) is 0 Å². The van der Waals surface area contributed by atoms with E-state index >= 15 is 0 Å². The fourth-order valence-electron chi connectivity index (χ4n) is 4.07. The van der Waals surface area contributed by atoms with Crippen molar-refractivity contribution in [3.8, 4) is 0 Å². The quantitative estimate of drug-likeness (QED) is 0.159. The van der Waals surface area contributed by atoms with E-state index in [0.717, 1.165) is 16.7 Å². The minimum atomic E-state index is -1.34. The maximum atomic E-state index is 12.1. The van der Waals surface area contributed by atoms with E-state index in [9.17, 15) is 28.8 Å². The Kier molecular flexibility index (Phi) is 14.4. The Hall–Kier alpha value is -5.38. The molecule has 0 aliphatic rings. The predicted octanol–water partition coefficient (Wildman–Crippen LogP) is 5.25. The summed E-state index contributed by atoms with van der Waals surface area (Å²) in [7, 11) is 0. The minimum absolute atomic E-state index is 0.0636. The zero-order chi connectivity index (χ0) is 32.5. The van der Waals surface area contributed by atoms with Gasteiger partial charge in [0.1, 0.15) is 5.92 Å². The molecule has 2 N–H and O–H groups in total. The van der Waals surface area contributed by atoms with Gasteiger partial charge in [-0.25, -0.2) is 9.59 Å². The molecule has 0 fully saturated rings. The first-order valence-corrected chi connectivity index (χ1v) is 13.8. The highest BCUT2D eigenvalue weighted by Crippen LogP contribution is 2.26. The fraction of sp³-hybridized carbons (Fsp3) is 0.235. The second-order valence-corrected chi connectivity index (χ2v) is 9.57. The van der Waals surface area contributed by atoms with Crippen molar-refractivity contribution in [2.24, 2.45) is 0 Å². The maximum absolute atomic E-state index is 12.1. The van der Waals surface area contributed by atoms with Crippen molar-refractivity contribution in [1.29, 1.82) is 0 Å². The van der Waals surface area contributed by atoms with Crippen LogP contribution in [0.3, 0.4) is 0 Å². The lowest BCUT2D eigenvalue weighted by Crippen LogP contribution is -2.19. The van der Waals surface area contributed by atoms with Crippen molar-refractivity contribution in [2.45, 2.75) is 51.9 Å².